The molecule has 0 spiro atoms. The molecular formula is C13H23N5S. The summed E-state index contributed by atoms with van der Waals surface area (Å²) in [6.07, 6.45) is 4.79. The van der Waals surface area contributed by atoms with E-state index >= 15 is 0 Å². The molecule has 2 rings (SSSR count). The van der Waals surface area contributed by atoms with Gasteiger partial charge in [0.2, 0.25) is 0 Å². The van der Waals surface area contributed by atoms with Crippen molar-refractivity contribution in [1.82, 2.24) is 19.7 Å². The van der Waals surface area contributed by atoms with Crippen LogP contribution in [0.2, 0.25) is 0 Å². The summed E-state index contributed by atoms with van der Waals surface area (Å²) in [6.45, 7) is 8.17. The summed E-state index contributed by atoms with van der Waals surface area (Å²) in [7, 11) is 0. The normalized spacial score (nSPS) is 19.5. The summed E-state index contributed by atoms with van der Waals surface area (Å²) in [5.74, 6) is 1.06. The number of hydrogen-bond donors (Lipinski definition) is 1. The van der Waals surface area contributed by atoms with Crippen molar-refractivity contribution in [2.45, 2.75) is 46.2 Å². The van der Waals surface area contributed by atoms with Gasteiger partial charge in [0.15, 0.2) is 0 Å². The first kappa shape index (κ1) is 14.4. The third-order valence-corrected chi connectivity index (χ3v) is 4.54. The van der Waals surface area contributed by atoms with Gasteiger partial charge in [0.25, 0.3) is 0 Å². The molecule has 106 valence electrons. The van der Waals surface area contributed by atoms with Gasteiger partial charge in [-0.25, -0.2) is 9.67 Å². The number of likely N-dealkylation sites (tertiary alicyclic amines) is 1. The van der Waals surface area contributed by atoms with Gasteiger partial charge in [-0.3, -0.25) is 4.90 Å². The molecule has 1 aliphatic rings. The maximum atomic E-state index is 5.83. The highest BCUT2D eigenvalue weighted by Crippen LogP contribution is 2.31. The zero-order valence-corrected chi connectivity index (χ0v) is 12.6. The fraction of sp³-hybridized carbons (Fsp3) is 0.769. The van der Waals surface area contributed by atoms with Crippen LogP contribution in [0.25, 0.3) is 0 Å². The molecule has 0 bridgehead atoms. The molecule has 1 fully saturated rings. The van der Waals surface area contributed by atoms with E-state index in [4.69, 9.17) is 18.0 Å². The van der Waals surface area contributed by atoms with E-state index in [-0.39, 0.29) is 5.41 Å². The Bertz CT molecular complexity index is 434. The van der Waals surface area contributed by atoms with E-state index in [1.165, 1.54) is 0 Å². The number of hydrogen-bond acceptors (Lipinski definition) is 4. The average Bonchev–Trinajstić information content (AvgIpc) is 2.80. The van der Waals surface area contributed by atoms with Crippen molar-refractivity contribution < 1.29 is 0 Å². The lowest BCUT2D eigenvalue weighted by molar-refractivity contribution is 0.152. The number of nitrogens with two attached hydrogens (primary N) is 1. The SMILES string of the molecule is CCCn1ncnc1CN1CCC(C)(C(N)=S)CC1. The summed E-state index contributed by atoms with van der Waals surface area (Å²) in [5, 5.41) is 4.27. The minimum absolute atomic E-state index is 0.0307. The molecule has 2 N–H and O–H groups in total. The fourth-order valence-electron chi connectivity index (χ4n) is 2.46. The van der Waals surface area contributed by atoms with Gasteiger partial charge in [-0.15, -0.1) is 0 Å². The molecule has 0 radical (unpaired) electrons. The number of aryl methyl sites for hydroxylation is 1. The van der Waals surface area contributed by atoms with E-state index in [1.54, 1.807) is 6.33 Å². The minimum atomic E-state index is 0.0307. The van der Waals surface area contributed by atoms with Crippen LogP contribution in [0, 0.1) is 5.41 Å². The van der Waals surface area contributed by atoms with Crippen LogP contribution in [0.15, 0.2) is 6.33 Å². The quantitative estimate of drug-likeness (QED) is 0.830. The Morgan fingerprint density at radius 2 is 2.16 bits per heavy atom. The summed E-state index contributed by atoms with van der Waals surface area (Å²) >= 11 is 5.17. The van der Waals surface area contributed by atoms with Gasteiger partial charge in [0, 0.05) is 12.0 Å². The largest absolute Gasteiger partial charge is 0.393 e. The fourth-order valence-corrected chi connectivity index (χ4v) is 2.66. The van der Waals surface area contributed by atoms with Gasteiger partial charge < -0.3 is 5.73 Å². The van der Waals surface area contributed by atoms with Crippen molar-refractivity contribution in [2.75, 3.05) is 13.1 Å². The third-order valence-electron chi connectivity index (χ3n) is 4.05. The van der Waals surface area contributed by atoms with Crippen LogP contribution in [-0.4, -0.2) is 37.7 Å². The van der Waals surface area contributed by atoms with Crippen molar-refractivity contribution in [1.29, 1.82) is 0 Å². The molecule has 19 heavy (non-hydrogen) atoms. The lowest BCUT2D eigenvalue weighted by atomic mass is 9.80. The Labute approximate surface area is 120 Å². The second-order valence-corrected chi connectivity index (χ2v) is 6.04. The zero-order valence-electron chi connectivity index (χ0n) is 11.8. The predicted molar refractivity (Wildman–Crippen MR) is 79.7 cm³/mol. The Kier molecular flexibility index (Phi) is 4.52. The number of thiocarbonyl (C=S) groups is 1. The van der Waals surface area contributed by atoms with Crippen LogP contribution in [-0.2, 0) is 13.1 Å². The minimum Gasteiger partial charge on any atom is -0.393 e. The average molecular weight is 281 g/mol. The summed E-state index contributed by atoms with van der Waals surface area (Å²) in [4.78, 5) is 7.43. The Hall–Kier alpha value is -1.01. The lowest BCUT2D eigenvalue weighted by Crippen LogP contribution is -2.44. The standard InChI is InChI=1S/C13H23N5S/c1-3-6-18-11(15-10-16-18)9-17-7-4-13(2,5-8-17)12(14)19/h10H,3-9H2,1-2H3,(H2,14,19). The molecule has 0 unspecified atom stereocenters. The van der Waals surface area contributed by atoms with E-state index in [2.05, 4.69) is 28.8 Å². The number of piperidine rings is 1. The Morgan fingerprint density at radius 1 is 1.47 bits per heavy atom. The molecule has 0 atom stereocenters. The highest BCUT2D eigenvalue weighted by atomic mass is 32.1. The van der Waals surface area contributed by atoms with Gasteiger partial charge >= 0.3 is 0 Å². The van der Waals surface area contributed by atoms with Crippen LogP contribution in [0.5, 0.6) is 0 Å². The van der Waals surface area contributed by atoms with Gasteiger partial charge in [-0.2, -0.15) is 5.10 Å². The predicted octanol–water partition coefficient (Wildman–Crippen LogP) is 1.58. The maximum Gasteiger partial charge on any atom is 0.141 e. The number of aromatic nitrogens is 3. The summed E-state index contributed by atoms with van der Waals surface area (Å²) < 4.78 is 2.00. The van der Waals surface area contributed by atoms with Crippen LogP contribution in [0.3, 0.4) is 0 Å². The van der Waals surface area contributed by atoms with Crippen molar-refractivity contribution >= 4 is 17.2 Å². The van der Waals surface area contributed by atoms with E-state index in [9.17, 15) is 0 Å². The first-order valence-electron chi connectivity index (χ1n) is 6.94. The molecule has 0 saturated carbocycles. The molecule has 5 nitrogen and oxygen atoms in total. The molecule has 1 aromatic rings. The second kappa shape index (κ2) is 5.96. The molecule has 0 aliphatic carbocycles. The molecule has 1 aliphatic heterocycles. The summed E-state index contributed by atoms with van der Waals surface area (Å²) in [6, 6.07) is 0. The summed E-state index contributed by atoms with van der Waals surface area (Å²) in [5.41, 5.74) is 5.86. The van der Waals surface area contributed by atoms with E-state index in [0.717, 1.165) is 51.3 Å². The molecule has 6 heteroatoms. The molecule has 1 saturated heterocycles. The zero-order chi connectivity index (χ0) is 13.9. The Morgan fingerprint density at radius 3 is 2.74 bits per heavy atom. The lowest BCUT2D eigenvalue weighted by Gasteiger charge is -2.38. The highest BCUT2D eigenvalue weighted by molar-refractivity contribution is 7.80. The van der Waals surface area contributed by atoms with Gasteiger partial charge in [0.1, 0.15) is 12.2 Å². The van der Waals surface area contributed by atoms with Crippen LogP contribution in [0.1, 0.15) is 38.9 Å². The monoisotopic (exact) mass is 281 g/mol. The topological polar surface area (TPSA) is 60.0 Å². The second-order valence-electron chi connectivity index (χ2n) is 5.60. The van der Waals surface area contributed by atoms with Gasteiger partial charge in [0.05, 0.1) is 11.5 Å². The molecule has 2 heterocycles. The van der Waals surface area contributed by atoms with Crippen molar-refractivity contribution in [2.24, 2.45) is 11.1 Å². The molecule has 1 aromatic heterocycles. The van der Waals surface area contributed by atoms with Gasteiger partial charge in [-0.1, -0.05) is 26.1 Å². The molecule has 0 aromatic carbocycles. The van der Waals surface area contributed by atoms with Crippen molar-refractivity contribution in [3.8, 4) is 0 Å². The first-order chi connectivity index (χ1) is 9.05. The van der Waals surface area contributed by atoms with E-state index < -0.39 is 0 Å². The van der Waals surface area contributed by atoms with Crippen LogP contribution >= 0.6 is 12.2 Å². The number of nitrogens with zero attached hydrogens (tertiary/aromatic N) is 4. The molecular weight excluding hydrogens is 258 g/mol. The molecule has 0 amide bonds. The first-order valence-corrected chi connectivity index (χ1v) is 7.35. The van der Waals surface area contributed by atoms with Crippen molar-refractivity contribution in [3.63, 3.8) is 0 Å². The Balaban J connectivity index is 1.92. The smallest absolute Gasteiger partial charge is 0.141 e. The highest BCUT2D eigenvalue weighted by Gasteiger charge is 2.32. The third kappa shape index (κ3) is 3.30. The van der Waals surface area contributed by atoms with Gasteiger partial charge in [-0.05, 0) is 32.4 Å². The van der Waals surface area contributed by atoms with Crippen LogP contribution < -0.4 is 5.73 Å². The maximum absolute atomic E-state index is 5.83. The van der Waals surface area contributed by atoms with Crippen molar-refractivity contribution in [3.05, 3.63) is 12.2 Å². The number of rotatable bonds is 5. The van der Waals surface area contributed by atoms with Crippen LogP contribution in [0.4, 0.5) is 0 Å². The van der Waals surface area contributed by atoms with E-state index in [0.29, 0.717) is 4.99 Å². The van der Waals surface area contributed by atoms with E-state index in [1.807, 2.05) is 4.68 Å².